The van der Waals surface area contributed by atoms with E-state index in [1.807, 2.05) is 20.1 Å². The summed E-state index contributed by atoms with van der Waals surface area (Å²) >= 11 is 0. The normalized spacial score (nSPS) is 15.9. The second-order valence-electron chi connectivity index (χ2n) is 6.13. The van der Waals surface area contributed by atoms with Gasteiger partial charge in [0, 0.05) is 43.2 Å². The minimum atomic E-state index is -0.0862. The molecule has 1 amide bonds. The molecule has 0 saturated carbocycles. The Morgan fingerprint density at radius 2 is 1.83 bits per heavy atom. The number of allylic oxidation sites excluding steroid dienone is 1. The predicted octanol–water partition coefficient (Wildman–Crippen LogP) is 1.69. The number of nitrogens with zero attached hydrogens (tertiary/aromatic N) is 1. The van der Waals surface area contributed by atoms with Gasteiger partial charge in [-0.2, -0.15) is 0 Å². The second-order valence-corrected chi connectivity index (χ2v) is 6.13. The van der Waals surface area contributed by atoms with Crippen LogP contribution in [0.4, 0.5) is 0 Å². The van der Waals surface area contributed by atoms with E-state index in [1.165, 1.54) is 5.57 Å². The third kappa shape index (κ3) is 9.27. The number of nitrogens with one attached hydrogen (secondary N) is 4. The Kier molecular flexibility index (Phi) is 10.7. The fraction of sp³-hybridized carbons (Fsp3) is 0.556. The molecular weight excluding hydrogens is 302 g/mol. The zero-order valence-electron chi connectivity index (χ0n) is 14.6. The van der Waals surface area contributed by atoms with E-state index in [2.05, 4.69) is 52.8 Å². The molecule has 0 aliphatic carbocycles. The van der Waals surface area contributed by atoms with Crippen molar-refractivity contribution in [2.24, 2.45) is 4.99 Å². The van der Waals surface area contributed by atoms with Gasteiger partial charge in [0.15, 0.2) is 0 Å². The summed E-state index contributed by atoms with van der Waals surface area (Å²) < 4.78 is 0. The fourth-order valence-corrected chi connectivity index (χ4v) is 1.77. The van der Waals surface area contributed by atoms with Crippen molar-refractivity contribution in [3.8, 4) is 0 Å². The van der Waals surface area contributed by atoms with Crippen molar-refractivity contribution in [2.75, 3.05) is 19.6 Å². The summed E-state index contributed by atoms with van der Waals surface area (Å²) in [4.78, 5) is 15.4. The first-order chi connectivity index (χ1) is 10.9. The molecule has 0 spiro atoms. The lowest BCUT2D eigenvalue weighted by molar-refractivity contribution is -0.117. The van der Waals surface area contributed by atoms with Crippen LogP contribution in [0.1, 0.15) is 35.1 Å². The number of carbonyl (C=O) groups excluding carboxylic acids is 1. The summed E-state index contributed by atoms with van der Waals surface area (Å²) in [7, 11) is 0. The average Bonchev–Trinajstić information content (AvgIpc) is 2.98. The molecule has 2 aliphatic heterocycles. The van der Waals surface area contributed by atoms with E-state index in [1.54, 1.807) is 6.20 Å². The predicted molar refractivity (Wildman–Crippen MR) is 103 cm³/mol. The van der Waals surface area contributed by atoms with E-state index in [9.17, 15) is 4.79 Å². The third-order valence-electron chi connectivity index (χ3n) is 3.12. The van der Waals surface area contributed by atoms with Crippen molar-refractivity contribution in [3.63, 3.8) is 0 Å². The minimum Gasteiger partial charge on any atom is -0.348 e. The molecule has 136 valence electrons. The van der Waals surface area contributed by atoms with E-state index in [-0.39, 0.29) is 13.3 Å². The molecular formula is C18H33N5O. The standard InChI is InChI=1S/C9H15N3O.C8H14N2.CH4/c1-6(2)10-4-8-5-11-7(3)12-9(8)13;1-7(2)10-6-8-3-4-9-5-8;/h5-6,10-11H,3-4H2,1-2H3,(H,12,13);3-4,7,10H,5-6H2,1-2H3;1H4. The van der Waals surface area contributed by atoms with E-state index in [0.717, 1.165) is 13.1 Å². The molecule has 2 heterocycles. The number of rotatable bonds is 6. The number of amides is 1. The average molecular weight is 335 g/mol. The molecule has 2 aliphatic rings. The lowest BCUT2D eigenvalue weighted by Gasteiger charge is -2.18. The van der Waals surface area contributed by atoms with Crippen molar-refractivity contribution >= 4 is 12.1 Å². The summed E-state index contributed by atoms with van der Waals surface area (Å²) in [5.74, 6) is 0.440. The van der Waals surface area contributed by atoms with Crippen molar-refractivity contribution in [3.05, 3.63) is 35.8 Å². The van der Waals surface area contributed by atoms with Gasteiger partial charge >= 0.3 is 0 Å². The lowest BCUT2D eigenvalue weighted by Crippen LogP contribution is -2.39. The van der Waals surface area contributed by atoms with Crippen LogP contribution in [0.25, 0.3) is 0 Å². The van der Waals surface area contributed by atoms with Crippen LogP contribution in [0.5, 0.6) is 0 Å². The molecule has 0 saturated heterocycles. The van der Waals surface area contributed by atoms with Gasteiger partial charge in [0.25, 0.3) is 5.91 Å². The maximum Gasteiger partial charge on any atom is 0.255 e. The van der Waals surface area contributed by atoms with Crippen LogP contribution in [0, 0.1) is 0 Å². The molecule has 0 bridgehead atoms. The van der Waals surface area contributed by atoms with Crippen LogP contribution >= 0.6 is 0 Å². The van der Waals surface area contributed by atoms with E-state index < -0.39 is 0 Å². The fourth-order valence-electron chi connectivity index (χ4n) is 1.77. The topological polar surface area (TPSA) is 77.5 Å². The van der Waals surface area contributed by atoms with Gasteiger partial charge in [-0.25, -0.2) is 0 Å². The zero-order chi connectivity index (χ0) is 17.2. The maximum atomic E-state index is 11.3. The first-order valence-electron chi connectivity index (χ1n) is 7.99. The molecule has 0 aromatic rings. The number of hydrogen-bond donors (Lipinski definition) is 4. The Labute approximate surface area is 146 Å². The monoisotopic (exact) mass is 335 g/mol. The van der Waals surface area contributed by atoms with Gasteiger partial charge < -0.3 is 21.3 Å². The van der Waals surface area contributed by atoms with Crippen LogP contribution in [0.3, 0.4) is 0 Å². The van der Waals surface area contributed by atoms with Gasteiger partial charge in [-0.3, -0.25) is 9.79 Å². The largest absolute Gasteiger partial charge is 0.348 e. The van der Waals surface area contributed by atoms with Gasteiger partial charge in [0.1, 0.15) is 5.82 Å². The smallest absolute Gasteiger partial charge is 0.255 e. The summed E-state index contributed by atoms with van der Waals surface area (Å²) in [6.07, 6.45) is 5.63. The Bertz CT molecular complexity index is 504. The second kappa shape index (κ2) is 11.6. The van der Waals surface area contributed by atoms with E-state index in [4.69, 9.17) is 0 Å². The third-order valence-corrected chi connectivity index (χ3v) is 3.12. The number of hydrogen-bond acceptors (Lipinski definition) is 5. The van der Waals surface area contributed by atoms with Crippen LogP contribution in [-0.2, 0) is 4.79 Å². The van der Waals surface area contributed by atoms with Gasteiger partial charge in [-0.15, -0.1) is 0 Å². The van der Waals surface area contributed by atoms with Crippen LogP contribution in [0.2, 0.25) is 0 Å². The molecule has 0 aromatic heterocycles. The summed E-state index contributed by atoms with van der Waals surface area (Å²) in [5.41, 5.74) is 2.08. The SMILES string of the molecule is C.C=C1NC=C(CNC(C)C)C(=O)N1.CC(C)NCC1=CC=NC1. The van der Waals surface area contributed by atoms with Crippen molar-refractivity contribution in [2.45, 2.75) is 47.2 Å². The van der Waals surface area contributed by atoms with Crippen molar-refractivity contribution in [1.82, 2.24) is 21.3 Å². The van der Waals surface area contributed by atoms with Crippen molar-refractivity contribution in [1.29, 1.82) is 0 Å². The highest BCUT2D eigenvalue weighted by atomic mass is 16.2. The van der Waals surface area contributed by atoms with Crippen molar-refractivity contribution < 1.29 is 4.79 Å². The number of aliphatic imine (C=N–C) groups is 1. The molecule has 0 aromatic carbocycles. The highest BCUT2D eigenvalue weighted by Crippen LogP contribution is 1.99. The van der Waals surface area contributed by atoms with Gasteiger partial charge in [-0.05, 0) is 11.6 Å². The zero-order valence-corrected chi connectivity index (χ0v) is 14.6. The molecule has 6 nitrogen and oxygen atoms in total. The maximum absolute atomic E-state index is 11.3. The Morgan fingerprint density at radius 1 is 1.21 bits per heavy atom. The summed E-state index contributed by atoms with van der Waals surface area (Å²) in [5, 5.41) is 12.0. The highest BCUT2D eigenvalue weighted by molar-refractivity contribution is 5.95. The quantitative estimate of drug-likeness (QED) is 0.596. The molecule has 0 fully saturated rings. The van der Waals surface area contributed by atoms with Gasteiger partial charge in [0.2, 0.25) is 0 Å². The van der Waals surface area contributed by atoms with Crippen LogP contribution in [0.15, 0.2) is 40.8 Å². The Morgan fingerprint density at radius 3 is 2.33 bits per heavy atom. The highest BCUT2D eigenvalue weighted by Gasteiger charge is 2.14. The van der Waals surface area contributed by atoms with Gasteiger partial charge in [0.05, 0.1) is 6.54 Å². The lowest BCUT2D eigenvalue weighted by atomic mass is 10.2. The van der Waals surface area contributed by atoms with Crippen LogP contribution in [-0.4, -0.2) is 43.8 Å². The Hall–Kier alpha value is -1.92. The molecule has 0 unspecified atom stereocenters. The molecule has 0 radical (unpaired) electrons. The minimum absolute atomic E-state index is 0. The molecule has 24 heavy (non-hydrogen) atoms. The molecule has 4 N–H and O–H groups in total. The molecule has 6 heteroatoms. The summed E-state index contributed by atoms with van der Waals surface area (Å²) in [6.45, 7) is 14.4. The molecule has 2 rings (SSSR count). The first-order valence-corrected chi connectivity index (χ1v) is 7.99. The van der Waals surface area contributed by atoms with Gasteiger partial charge in [-0.1, -0.05) is 41.7 Å². The summed E-state index contributed by atoms with van der Waals surface area (Å²) in [6, 6.07) is 0.945. The van der Waals surface area contributed by atoms with Crippen LogP contribution < -0.4 is 21.3 Å². The Balaban J connectivity index is 0.000000436. The first kappa shape index (κ1) is 22.1. The number of carbonyl (C=O) groups is 1. The van der Waals surface area contributed by atoms with E-state index in [0.29, 0.717) is 30.0 Å². The van der Waals surface area contributed by atoms with E-state index >= 15 is 0 Å². The molecule has 0 atom stereocenters.